The molecule has 0 fully saturated rings. The zero-order chi connectivity index (χ0) is 14.7. The fourth-order valence-corrected chi connectivity index (χ4v) is 3.07. The van der Waals surface area contributed by atoms with Crippen LogP contribution in [0.1, 0.15) is 35.8 Å². The van der Waals surface area contributed by atoms with E-state index in [2.05, 4.69) is 39.6 Å². The van der Waals surface area contributed by atoms with Crippen LogP contribution in [-0.4, -0.2) is 18.7 Å². The van der Waals surface area contributed by atoms with E-state index in [-0.39, 0.29) is 11.8 Å². The summed E-state index contributed by atoms with van der Waals surface area (Å²) in [5.74, 6) is 0.171. The van der Waals surface area contributed by atoms with Gasteiger partial charge in [-0.05, 0) is 41.5 Å². The Bertz CT molecular complexity index is 646. The van der Waals surface area contributed by atoms with Crippen molar-refractivity contribution < 1.29 is 8.76 Å². The standard InChI is InChI=1S/C15H17N3O2S/c19-21(20)10-15-16-8-12(9-17-15)18-14-7-3-5-11-4-1-2-6-13(11)14/h1-2,4,6,8-9,14,18H,3,5,7,10H2,(H,19,20)/p-1/t14-/m1/s1. The van der Waals surface area contributed by atoms with Crippen LogP contribution in [0.4, 0.5) is 5.69 Å². The van der Waals surface area contributed by atoms with Crippen molar-refractivity contribution >= 4 is 16.8 Å². The predicted molar refractivity (Wildman–Crippen MR) is 80.4 cm³/mol. The first kappa shape index (κ1) is 14.2. The van der Waals surface area contributed by atoms with Crippen molar-refractivity contribution in [2.24, 2.45) is 0 Å². The van der Waals surface area contributed by atoms with Crippen LogP contribution in [0.2, 0.25) is 0 Å². The highest BCUT2D eigenvalue weighted by Gasteiger charge is 2.19. The number of aryl methyl sites for hydroxylation is 1. The molecule has 0 amide bonds. The highest BCUT2D eigenvalue weighted by Crippen LogP contribution is 2.31. The van der Waals surface area contributed by atoms with Crippen molar-refractivity contribution in [1.82, 2.24) is 9.97 Å². The second kappa shape index (κ2) is 6.32. The van der Waals surface area contributed by atoms with Crippen LogP contribution < -0.4 is 5.32 Å². The first-order chi connectivity index (χ1) is 10.2. The maximum atomic E-state index is 10.6. The summed E-state index contributed by atoms with van der Waals surface area (Å²) in [6.07, 6.45) is 6.64. The summed E-state index contributed by atoms with van der Waals surface area (Å²) in [5.41, 5.74) is 3.53. The Morgan fingerprint density at radius 3 is 2.81 bits per heavy atom. The summed E-state index contributed by atoms with van der Waals surface area (Å²) < 4.78 is 21.2. The van der Waals surface area contributed by atoms with Crippen molar-refractivity contribution in [1.29, 1.82) is 0 Å². The molecule has 5 nitrogen and oxygen atoms in total. The number of hydrogen-bond donors (Lipinski definition) is 1. The van der Waals surface area contributed by atoms with Gasteiger partial charge in [-0.3, -0.25) is 4.21 Å². The highest BCUT2D eigenvalue weighted by atomic mass is 32.2. The van der Waals surface area contributed by atoms with Gasteiger partial charge in [0.05, 0.1) is 29.9 Å². The van der Waals surface area contributed by atoms with Gasteiger partial charge in [0, 0.05) is 0 Å². The van der Waals surface area contributed by atoms with Gasteiger partial charge >= 0.3 is 0 Å². The zero-order valence-corrected chi connectivity index (χ0v) is 12.3. The number of rotatable bonds is 4. The molecule has 0 aliphatic heterocycles. The largest absolute Gasteiger partial charge is 0.772 e. The Labute approximate surface area is 126 Å². The first-order valence-electron chi connectivity index (χ1n) is 6.93. The van der Waals surface area contributed by atoms with Crippen LogP contribution in [0.25, 0.3) is 0 Å². The highest BCUT2D eigenvalue weighted by molar-refractivity contribution is 7.78. The van der Waals surface area contributed by atoms with Crippen molar-refractivity contribution in [3.63, 3.8) is 0 Å². The summed E-state index contributed by atoms with van der Waals surface area (Å²) in [6.45, 7) is 0. The fourth-order valence-electron chi connectivity index (χ4n) is 2.71. The first-order valence-corrected chi connectivity index (χ1v) is 8.18. The average molecular weight is 302 g/mol. The minimum Gasteiger partial charge on any atom is -0.772 e. The van der Waals surface area contributed by atoms with E-state index >= 15 is 0 Å². The third kappa shape index (κ3) is 3.46. The molecular weight excluding hydrogens is 286 g/mol. The predicted octanol–water partition coefficient (Wildman–Crippen LogP) is 2.35. The van der Waals surface area contributed by atoms with Gasteiger partial charge in [-0.15, -0.1) is 0 Å². The lowest BCUT2D eigenvalue weighted by atomic mass is 9.88. The number of nitrogens with zero attached hydrogens (tertiary/aromatic N) is 2. The fraction of sp³-hybridized carbons (Fsp3) is 0.333. The minimum atomic E-state index is -2.15. The third-order valence-electron chi connectivity index (χ3n) is 3.66. The molecule has 2 atom stereocenters. The van der Waals surface area contributed by atoms with Crippen LogP contribution in [-0.2, 0) is 23.3 Å². The van der Waals surface area contributed by atoms with Crippen molar-refractivity contribution in [2.75, 3.05) is 5.32 Å². The molecule has 0 bridgehead atoms. The number of anilines is 1. The molecule has 0 radical (unpaired) electrons. The lowest BCUT2D eigenvalue weighted by Crippen LogP contribution is -2.17. The van der Waals surface area contributed by atoms with Crippen LogP contribution >= 0.6 is 0 Å². The summed E-state index contributed by atoms with van der Waals surface area (Å²) in [7, 11) is 0. The Morgan fingerprint density at radius 2 is 2.05 bits per heavy atom. The second-order valence-corrected chi connectivity index (χ2v) is 6.02. The van der Waals surface area contributed by atoms with E-state index < -0.39 is 11.1 Å². The van der Waals surface area contributed by atoms with E-state index in [9.17, 15) is 8.76 Å². The number of hydrogen-bond acceptors (Lipinski definition) is 5. The summed E-state index contributed by atoms with van der Waals surface area (Å²) in [5, 5.41) is 3.44. The maximum Gasteiger partial charge on any atom is 0.139 e. The minimum absolute atomic E-state index is 0.146. The molecule has 1 aliphatic carbocycles. The Hall–Kier alpha value is -1.79. The van der Waals surface area contributed by atoms with E-state index in [0.717, 1.165) is 24.9 Å². The molecule has 1 aromatic heterocycles. The van der Waals surface area contributed by atoms with Gasteiger partial charge in [0.2, 0.25) is 0 Å². The second-order valence-electron chi connectivity index (χ2n) is 5.12. The average Bonchev–Trinajstić information content (AvgIpc) is 2.49. The van der Waals surface area contributed by atoms with E-state index in [4.69, 9.17) is 0 Å². The normalized spacial score (nSPS) is 18.8. The van der Waals surface area contributed by atoms with Gasteiger partial charge in [-0.2, -0.15) is 0 Å². The molecule has 0 spiro atoms. The van der Waals surface area contributed by atoms with Gasteiger partial charge in [0.1, 0.15) is 5.82 Å². The molecule has 0 saturated carbocycles. The van der Waals surface area contributed by atoms with E-state index in [1.165, 1.54) is 11.1 Å². The summed E-state index contributed by atoms with van der Waals surface area (Å²) >= 11 is -2.15. The van der Waals surface area contributed by atoms with Gasteiger partial charge in [0.15, 0.2) is 0 Å². The van der Waals surface area contributed by atoms with Crippen LogP contribution in [0.3, 0.4) is 0 Å². The van der Waals surface area contributed by atoms with E-state index in [1.54, 1.807) is 12.4 Å². The van der Waals surface area contributed by atoms with Gasteiger partial charge in [0.25, 0.3) is 0 Å². The summed E-state index contributed by atoms with van der Waals surface area (Å²) in [4.78, 5) is 8.15. The van der Waals surface area contributed by atoms with Crippen molar-refractivity contribution in [3.05, 3.63) is 53.6 Å². The molecule has 1 heterocycles. The number of nitrogens with one attached hydrogen (secondary N) is 1. The molecular formula is C15H16N3O2S-. The molecule has 6 heteroatoms. The van der Waals surface area contributed by atoms with Crippen LogP contribution in [0.5, 0.6) is 0 Å². The molecule has 2 aromatic rings. The maximum absolute atomic E-state index is 10.6. The Balaban J connectivity index is 1.74. The number of aromatic nitrogens is 2. The Morgan fingerprint density at radius 1 is 1.29 bits per heavy atom. The molecule has 1 aliphatic rings. The van der Waals surface area contributed by atoms with Crippen LogP contribution in [0.15, 0.2) is 36.7 Å². The van der Waals surface area contributed by atoms with Crippen molar-refractivity contribution in [2.45, 2.75) is 31.1 Å². The monoisotopic (exact) mass is 302 g/mol. The molecule has 0 saturated heterocycles. The molecule has 110 valence electrons. The van der Waals surface area contributed by atoms with Crippen LogP contribution in [0, 0.1) is 0 Å². The third-order valence-corrected chi connectivity index (χ3v) is 4.16. The zero-order valence-electron chi connectivity index (χ0n) is 11.5. The van der Waals surface area contributed by atoms with Gasteiger partial charge < -0.3 is 9.87 Å². The van der Waals surface area contributed by atoms with E-state index in [1.807, 2.05) is 0 Å². The lowest BCUT2D eigenvalue weighted by Gasteiger charge is -2.27. The molecule has 1 N–H and O–H groups in total. The quantitative estimate of drug-likeness (QED) is 0.877. The lowest BCUT2D eigenvalue weighted by molar-refractivity contribution is 0.535. The SMILES string of the molecule is O=S([O-])Cc1ncc(N[C@@H]2CCCc3ccccc32)cn1. The van der Waals surface area contributed by atoms with Gasteiger partial charge in [-0.25, -0.2) is 9.97 Å². The molecule has 1 aromatic carbocycles. The van der Waals surface area contributed by atoms with E-state index in [0.29, 0.717) is 5.82 Å². The Kier molecular flexibility index (Phi) is 4.26. The van der Waals surface area contributed by atoms with Crippen molar-refractivity contribution in [3.8, 4) is 0 Å². The summed E-state index contributed by atoms with van der Waals surface area (Å²) in [6, 6.07) is 8.72. The smallest absolute Gasteiger partial charge is 0.139 e. The molecule has 1 unspecified atom stereocenters. The van der Waals surface area contributed by atoms with Gasteiger partial charge in [-0.1, -0.05) is 24.3 Å². The number of benzene rings is 1. The molecule has 21 heavy (non-hydrogen) atoms. The topological polar surface area (TPSA) is 77.9 Å². The molecule has 3 rings (SSSR count). The number of fused-ring (bicyclic) bond motifs is 1.